The van der Waals surface area contributed by atoms with Crippen LogP contribution in [0.15, 0.2) is 79.0 Å². The third-order valence-electron chi connectivity index (χ3n) is 5.38. The molecule has 2 unspecified atom stereocenters. The summed E-state index contributed by atoms with van der Waals surface area (Å²) in [7, 11) is 0. The number of hydrogen-bond acceptors (Lipinski definition) is 4. The van der Waals surface area contributed by atoms with Gasteiger partial charge in [-0.05, 0) is 41.5 Å². The number of aliphatic carboxylic acids is 1. The largest absolute Gasteiger partial charge is 0.481 e. The van der Waals surface area contributed by atoms with Crippen molar-refractivity contribution in [1.82, 2.24) is 10.3 Å². The van der Waals surface area contributed by atoms with Crippen LogP contribution in [0.25, 0.3) is 0 Å². The van der Waals surface area contributed by atoms with Crippen molar-refractivity contribution < 1.29 is 9.90 Å². The van der Waals surface area contributed by atoms with Gasteiger partial charge in [0.05, 0.1) is 17.8 Å². The number of nitrogens with one attached hydrogen (secondary N) is 2. The normalized spacial score (nSPS) is 15.6. The maximum absolute atomic E-state index is 10.9. The number of carboxylic acids is 1. The molecule has 1 aliphatic heterocycles. The topological polar surface area (TPSA) is 74.2 Å². The summed E-state index contributed by atoms with van der Waals surface area (Å²) in [5.41, 5.74) is 4.34. The Bertz CT molecular complexity index is 919. The second-order valence-corrected chi connectivity index (χ2v) is 7.98. The Kier molecular flexibility index (Phi) is 8.61. The number of carboxylic acid groups (broad SMARTS) is 1. The minimum Gasteiger partial charge on any atom is -0.481 e. The molecule has 0 radical (unpaired) electrons. The third kappa shape index (κ3) is 7.54. The van der Waals surface area contributed by atoms with Crippen molar-refractivity contribution >= 4 is 11.7 Å². The summed E-state index contributed by atoms with van der Waals surface area (Å²) in [6, 6.07) is 23.9. The van der Waals surface area contributed by atoms with E-state index >= 15 is 0 Å². The van der Waals surface area contributed by atoms with Gasteiger partial charge in [-0.25, -0.2) is 0 Å². The molecule has 0 saturated carbocycles. The average molecular weight is 418 g/mol. The molecule has 3 aromatic rings. The quantitative estimate of drug-likeness (QED) is 0.532. The Labute approximate surface area is 184 Å². The van der Waals surface area contributed by atoms with E-state index in [0.29, 0.717) is 11.8 Å². The van der Waals surface area contributed by atoms with Crippen molar-refractivity contribution in [2.24, 2.45) is 5.92 Å². The molecular weight excluding hydrogens is 386 g/mol. The summed E-state index contributed by atoms with van der Waals surface area (Å²) in [5.74, 6) is 0.0882. The lowest BCUT2D eigenvalue weighted by molar-refractivity contribution is -0.136. The zero-order valence-corrected chi connectivity index (χ0v) is 18.0. The van der Waals surface area contributed by atoms with Crippen LogP contribution in [0, 0.1) is 5.92 Å². The lowest BCUT2D eigenvalue weighted by atomic mass is 9.96. The van der Waals surface area contributed by atoms with Gasteiger partial charge in [0.2, 0.25) is 0 Å². The number of fused-ring (bicyclic) bond motifs is 1. The van der Waals surface area contributed by atoms with Gasteiger partial charge in [-0.15, -0.1) is 0 Å². The molecule has 5 nitrogen and oxygen atoms in total. The van der Waals surface area contributed by atoms with Crippen LogP contribution in [0.2, 0.25) is 0 Å². The third-order valence-corrected chi connectivity index (χ3v) is 5.38. The van der Waals surface area contributed by atoms with E-state index in [9.17, 15) is 4.79 Å². The van der Waals surface area contributed by atoms with E-state index in [4.69, 9.17) is 5.11 Å². The summed E-state index contributed by atoms with van der Waals surface area (Å²) in [4.78, 5) is 15.3. The fraction of sp³-hybridized carbons (Fsp3) is 0.308. The summed E-state index contributed by atoms with van der Waals surface area (Å²) in [6.07, 6.45) is 2.93. The van der Waals surface area contributed by atoms with Gasteiger partial charge in [0.1, 0.15) is 0 Å². The molecule has 3 N–H and O–H groups in total. The highest BCUT2D eigenvalue weighted by molar-refractivity contribution is 5.70. The fourth-order valence-electron chi connectivity index (χ4n) is 3.70. The van der Waals surface area contributed by atoms with E-state index in [0.717, 1.165) is 43.0 Å². The number of benzene rings is 2. The van der Waals surface area contributed by atoms with Crippen molar-refractivity contribution in [1.29, 1.82) is 0 Å². The predicted octanol–water partition coefficient (Wildman–Crippen LogP) is 4.37. The highest BCUT2D eigenvalue weighted by Gasteiger charge is 2.18. The molecule has 0 saturated heterocycles. The molecule has 0 bridgehead atoms. The van der Waals surface area contributed by atoms with Crippen molar-refractivity contribution in [2.45, 2.75) is 25.7 Å². The number of aromatic nitrogens is 1. The smallest absolute Gasteiger partial charge is 0.307 e. The maximum atomic E-state index is 10.9. The van der Waals surface area contributed by atoms with Gasteiger partial charge in [-0.2, -0.15) is 0 Å². The van der Waals surface area contributed by atoms with Gasteiger partial charge in [0, 0.05) is 25.8 Å². The number of rotatable bonds is 7. The van der Waals surface area contributed by atoms with E-state index in [-0.39, 0.29) is 6.42 Å². The summed E-state index contributed by atoms with van der Waals surface area (Å²) in [5, 5.41) is 15.9. The van der Waals surface area contributed by atoms with Crippen LogP contribution in [0.5, 0.6) is 0 Å². The Hall–Kier alpha value is -3.18. The number of nitrogens with zero attached hydrogens (tertiary/aromatic N) is 1. The average Bonchev–Trinajstić information content (AvgIpc) is 2.80. The van der Waals surface area contributed by atoms with Crippen LogP contribution in [-0.4, -0.2) is 35.7 Å². The van der Waals surface area contributed by atoms with Crippen LogP contribution in [0.3, 0.4) is 0 Å². The van der Waals surface area contributed by atoms with Gasteiger partial charge in [0.15, 0.2) is 0 Å². The molecule has 5 heteroatoms. The Morgan fingerprint density at radius 1 is 1.13 bits per heavy atom. The van der Waals surface area contributed by atoms with Crippen molar-refractivity contribution in [3.63, 3.8) is 0 Å². The van der Waals surface area contributed by atoms with Gasteiger partial charge in [-0.3, -0.25) is 9.78 Å². The molecule has 31 heavy (non-hydrogen) atoms. The van der Waals surface area contributed by atoms with Gasteiger partial charge in [0.25, 0.3) is 0 Å². The fourth-order valence-corrected chi connectivity index (χ4v) is 3.70. The second kappa shape index (κ2) is 11.9. The standard InChI is InChI=1S/C20H25N3O2.C6H6/c1-14(17-5-2-4-15(8-17)10-20(24)25)11-21-12-16-9-19-18(23-13-16)6-3-7-22-19;1-2-4-6-5-3-1/h2-8,14,16,21,23H,9-13H2,1H3,(H,24,25);1-6H. The van der Waals surface area contributed by atoms with Crippen molar-refractivity contribution in [2.75, 3.05) is 25.0 Å². The molecule has 1 aromatic heterocycles. The maximum Gasteiger partial charge on any atom is 0.307 e. The molecule has 2 atom stereocenters. The molecule has 0 fully saturated rings. The summed E-state index contributed by atoms with van der Waals surface area (Å²) < 4.78 is 0. The van der Waals surface area contributed by atoms with Crippen LogP contribution in [0.4, 0.5) is 5.69 Å². The van der Waals surface area contributed by atoms with Gasteiger partial charge < -0.3 is 15.7 Å². The van der Waals surface area contributed by atoms with E-state index in [2.05, 4.69) is 34.7 Å². The molecule has 2 heterocycles. The lowest BCUT2D eigenvalue weighted by Crippen LogP contribution is -2.34. The summed E-state index contributed by atoms with van der Waals surface area (Å²) in [6.45, 7) is 4.96. The van der Waals surface area contributed by atoms with E-state index < -0.39 is 5.97 Å². The van der Waals surface area contributed by atoms with Crippen LogP contribution in [-0.2, 0) is 17.6 Å². The first-order chi connectivity index (χ1) is 15.1. The van der Waals surface area contributed by atoms with Gasteiger partial charge >= 0.3 is 5.97 Å². The first-order valence-electron chi connectivity index (χ1n) is 10.8. The highest BCUT2D eigenvalue weighted by Crippen LogP contribution is 2.22. The second-order valence-electron chi connectivity index (χ2n) is 7.98. The molecule has 1 aliphatic rings. The first-order valence-corrected chi connectivity index (χ1v) is 10.8. The van der Waals surface area contributed by atoms with E-state index in [1.807, 2.05) is 66.9 Å². The molecule has 2 aromatic carbocycles. The molecule has 0 amide bonds. The van der Waals surface area contributed by atoms with Gasteiger partial charge in [-0.1, -0.05) is 67.6 Å². The summed E-state index contributed by atoms with van der Waals surface area (Å²) >= 11 is 0. The monoisotopic (exact) mass is 417 g/mol. The predicted molar refractivity (Wildman–Crippen MR) is 125 cm³/mol. The molecule has 4 rings (SSSR count). The van der Waals surface area contributed by atoms with Crippen LogP contribution in [0.1, 0.15) is 29.7 Å². The zero-order chi connectivity index (χ0) is 21.9. The van der Waals surface area contributed by atoms with Crippen LogP contribution < -0.4 is 10.6 Å². The number of anilines is 1. The molecule has 162 valence electrons. The molecule has 0 aliphatic carbocycles. The van der Waals surface area contributed by atoms with Crippen molar-refractivity contribution in [3.8, 4) is 0 Å². The molecular formula is C26H31N3O2. The highest BCUT2D eigenvalue weighted by atomic mass is 16.4. The lowest BCUT2D eigenvalue weighted by Gasteiger charge is -2.26. The first kappa shape index (κ1) is 22.5. The minimum absolute atomic E-state index is 0.0775. The Balaban J connectivity index is 0.000000391. The van der Waals surface area contributed by atoms with E-state index in [1.165, 1.54) is 5.56 Å². The number of carbonyl (C=O) groups is 1. The molecule has 0 spiro atoms. The van der Waals surface area contributed by atoms with Crippen molar-refractivity contribution in [3.05, 3.63) is 95.8 Å². The minimum atomic E-state index is -0.790. The Morgan fingerprint density at radius 2 is 1.87 bits per heavy atom. The number of pyridine rings is 1. The Morgan fingerprint density at radius 3 is 2.58 bits per heavy atom. The van der Waals surface area contributed by atoms with Crippen LogP contribution >= 0.6 is 0 Å². The SMILES string of the molecule is CC(CNCC1CNc2cccnc2C1)c1cccc(CC(=O)O)c1.c1ccccc1. The number of hydrogen-bond donors (Lipinski definition) is 3. The van der Waals surface area contributed by atoms with E-state index in [1.54, 1.807) is 0 Å². The zero-order valence-electron chi connectivity index (χ0n) is 18.0.